The van der Waals surface area contributed by atoms with Gasteiger partial charge >= 0.3 is 0 Å². The van der Waals surface area contributed by atoms with Gasteiger partial charge in [0.15, 0.2) is 0 Å². The average molecular weight is 273 g/mol. The molecule has 19 heavy (non-hydrogen) atoms. The summed E-state index contributed by atoms with van der Waals surface area (Å²) in [5.74, 6) is 0. The Labute approximate surface area is 119 Å². The lowest BCUT2D eigenvalue weighted by Crippen LogP contribution is -2.00. The molecule has 0 aromatic heterocycles. The number of ether oxygens (including phenoxy) is 1. The van der Waals surface area contributed by atoms with Gasteiger partial charge in [0.2, 0.25) is 0 Å². The monoisotopic (exact) mass is 272 g/mol. The van der Waals surface area contributed by atoms with Crippen LogP contribution in [0.25, 0.3) is 0 Å². The molecule has 0 fully saturated rings. The Bertz CT molecular complexity index is 598. The van der Waals surface area contributed by atoms with Crippen LogP contribution in [0.4, 0.5) is 0 Å². The van der Waals surface area contributed by atoms with Crippen LogP contribution in [0.3, 0.4) is 0 Å². The molecule has 0 spiro atoms. The van der Waals surface area contributed by atoms with Crippen LogP contribution in [-0.4, -0.2) is 0 Å². The van der Waals surface area contributed by atoms with Crippen LogP contribution in [0.15, 0.2) is 36.4 Å². The number of fused-ring (bicyclic) bond motifs is 1. The molecule has 1 unspecified atom stereocenters. The lowest BCUT2D eigenvalue weighted by Gasteiger charge is -2.17. The Kier molecular flexibility index (Phi) is 3.34. The zero-order chi connectivity index (χ0) is 13.4. The van der Waals surface area contributed by atoms with Gasteiger partial charge in [-0.15, -0.1) is 11.6 Å². The SMILES string of the molecule is Cc1cccc(C)c1C(Cl)c1ccc2c(c1)COC2. The van der Waals surface area contributed by atoms with Crippen molar-refractivity contribution in [1.29, 1.82) is 0 Å². The topological polar surface area (TPSA) is 9.23 Å². The van der Waals surface area contributed by atoms with Crippen molar-refractivity contribution >= 4 is 11.6 Å². The van der Waals surface area contributed by atoms with E-state index in [0.717, 1.165) is 12.2 Å². The summed E-state index contributed by atoms with van der Waals surface area (Å²) in [4.78, 5) is 0. The molecule has 2 aromatic carbocycles. The van der Waals surface area contributed by atoms with Gasteiger partial charge in [-0.2, -0.15) is 0 Å². The van der Waals surface area contributed by atoms with E-state index < -0.39 is 0 Å². The molecule has 1 aliphatic rings. The predicted molar refractivity (Wildman–Crippen MR) is 78.5 cm³/mol. The van der Waals surface area contributed by atoms with E-state index in [-0.39, 0.29) is 5.38 Å². The molecule has 0 aliphatic carbocycles. The van der Waals surface area contributed by atoms with Crippen molar-refractivity contribution in [1.82, 2.24) is 0 Å². The molecule has 3 rings (SSSR count). The minimum atomic E-state index is -0.0906. The van der Waals surface area contributed by atoms with Crippen molar-refractivity contribution in [3.63, 3.8) is 0 Å². The fourth-order valence-electron chi connectivity index (χ4n) is 2.74. The molecule has 0 saturated heterocycles. The summed E-state index contributed by atoms with van der Waals surface area (Å²) in [6.45, 7) is 5.67. The molecule has 0 radical (unpaired) electrons. The molecule has 0 bridgehead atoms. The molecule has 1 heterocycles. The number of rotatable bonds is 2. The van der Waals surface area contributed by atoms with E-state index in [2.05, 4.69) is 50.2 Å². The van der Waals surface area contributed by atoms with Crippen LogP contribution in [0.1, 0.15) is 38.8 Å². The maximum atomic E-state index is 6.70. The van der Waals surface area contributed by atoms with E-state index in [1.807, 2.05) is 0 Å². The van der Waals surface area contributed by atoms with E-state index in [0.29, 0.717) is 6.61 Å². The summed E-state index contributed by atoms with van der Waals surface area (Å²) in [6.07, 6.45) is 0. The normalized spacial score (nSPS) is 15.3. The van der Waals surface area contributed by atoms with Crippen molar-refractivity contribution in [3.8, 4) is 0 Å². The zero-order valence-corrected chi connectivity index (χ0v) is 12.0. The van der Waals surface area contributed by atoms with Crippen LogP contribution in [0.5, 0.6) is 0 Å². The van der Waals surface area contributed by atoms with E-state index in [9.17, 15) is 0 Å². The average Bonchev–Trinajstić information content (AvgIpc) is 2.85. The highest BCUT2D eigenvalue weighted by atomic mass is 35.5. The smallest absolute Gasteiger partial charge is 0.0840 e. The van der Waals surface area contributed by atoms with Gasteiger partial charge in [-0.3, -0.25) is 0 Å². The molecule has 0 saturated carbocycles. The first kappa shape index (κ1) is 12.7. The summed E-state index contributed by atoms with van der Waals surface area (Å²) in [5, 5.41) is -0.0906. The maximum absolute atomic E-state index is 6.70. The largest absolute Gasteiger partial charge is 0.372 e. The maximum Gasteiger partial charge on any atom is 0.0840 e. The first-order chi connectivity index (χ1) is 9.16. The van der Waals surface area contributed by atoms with Crippen LogP contribution in [0, 0.1) is 13.8 Å². The summed E-state index contributed by atoms with van der Waals surface area (Å²) >= 11 is 6.70. The quantitative estimate of drug-likeness (QED) is 0.723. The van der Waals surface area contributed by atoms with Crippen molar-refractivity contribution in [2.24, 2.45) is 0 Å². The fraction of sp³-hybridized carbons (Fsp3) is 0.294. The minimum absolute atomic E-state index is 0.0906. The molecule has 0 amide bonds. The standard InChI is InChI=1S/C17H17ClO/c1-11-4-3-5-12(2)16(11)17(18)13-6-7-14-9-19-10-15(14)8-13/h3-8,17H,9-10H2,1-2H3. The van der Waals surface area contributed by atoms with E-state index >= 15 is 0 Å². The second-order valence-electron chi connectivity index (χ2n) is 5.19. The van der Waals surface area contributed by atoms with Gasteiger partial charge in [-0.05, 0) is 47.2 Å². The number of aryl methyl sites for hydroxylation is 2. The predicted octanol–water partition coefficient (Wildman–Crippen LogP) is 4.66. The Morgan fingerprint density at radius 3 is 2.42 bits per heavy atom. The van der Waals surface area contributed by atoms with Gasteiger partial charge in [0.1, 0.15) is 0 Å². The molecule has 2 aromatic rings. The number of hydrogen-bond acceptors (Lipinski definition) is 1. The van der Waals surface area contributed by atoms with Gasteiger partial charge in [0.05, 0.1) is 18.6 Å². The van der Waals surface area contributed by atoms with Gasteiger partial charge in [0.25, 0.3) is 0 Å². The third kappa shape index (κ3) is 2.29. The molecule has 2 heteroatoms. The Morgan fingerprint density at radius 2 is 1.68 bits per heavy atom. The summed E-state index contributed by atoms with van der Waals surface area (Å²) in [7, 11) is 0. The number of benzene rings is 2. The second kappa shape index (κ2) is 4.99. The molecule has 0 N–H and O–H groups in total. The van der Waals surface area contributed by atoms with Crippen LogP contribution < -0.4 is 0 Å². The Balaban J connectivity index is 2.02. The van der Waals surface area contributed by atoms with Gasteiger partial charge in [-0.25, -0.2) is 0 Å². The lowest BCUT2D eigenvalue weighted by molar-refractivity contribution is 0.134. The molecular weight excluding hydrogens is 256 g/mol. The third-order valence-corrected chi connectivity index (χ3v) is 4.30. The van der Waals surface area contributed by atoms with Crippen molar-refractivity contribution in [2.45, 2.75) is 32.4 Å². The highest BCUT2D eigenvalue weighted by Crippen LogP contribution is 2.35. The molecule has 1 aliphatic heterocycles. The number of alkyl halides is 1. The minimum Gasteiger partial charge on any atom is -0.372 e. The van der Waals surface area contributed by atoms with Crippen molar-refractivity contribution < 1.29 is 4.74 Å². The Hall–Kier alpha value is -1.31. The molecular formula is C17H17ClO. The zero-order valence-electron chi connectivity index (χ0n) is 11.2. The van der Waals surface area contributed by atoms with E-state index in [1.165, 1.54) is 27.8 Å². The van der Waals surface area contributed by atoms with Crippen LogP contribution in [-0.2, 0) is 18.0 Å². The third-order valence-electron chi connectivity index (χ3n) is 3.83. The fourth-order valence-corrected chi connectivity index (χ4v) is 3.22. The van der Waals surface area contributed by atoms with Crippen LogP contribution in [0.2, 0.25) is 0 Å². The first-order valence-electron chi connectivity index (χ1n) is 6.56. The van der Waals surface area contributed by atoms with Crippen LogP contribution >= 0.6 is 11.6 Å². The van der Waals surface area contributed by atoms with Crippen molar-refractivity contribution in [2.75, 3.05) is 0 Å². The Morgan fingerprint density at radius 1 is 1.00 bits per heavy atom. The highest BCUT2D eigenvalue weighted by molar-refractivity contribution is 6.22. The van der Waals surface area contributed by atoms with Gasteiger partial charge in [-0.1, -0.05) is 36.4 Å². The van der Waals surface area contributed by atoms with Gasteiger partial charge in [0, 0.05) is 0 Å². The molecule has 98 valence electrons. The number of hydrogen-bond donors (Lipinski definition) is 0. The summed E-state index contributed by atoms with van der Waals surface area (Å²) < 4.78 is 5.46. The highest BCUT2D eigenvalue weighted by Gasteiger charge is 2.18. The summed E-state index contributed by atoms with van der Waals surface area (Å²) in [5.41, 5.74) is 7.43. The van der Waals surface area contributed by atoms with E-state index in [1.54, 1.807) is 0 Å². The van der Waals surface area contributed by atoms with E-state index in [4.69, 9.17) is 16.3 Å². The molecule has 1 atom stereocenters. The number of halogens is 1. The summed E-state index contributed by atoms with van der Waals surface area (Å²) in [6, 6.07) is 12.8. The lowest BCUT2D eigenvalue weighted by atomic mass is 9.94. The molecule has 1 nitrogen and oxygen atoms in total. The van der Waals surface area contributed by atoms with Crippen molar-refractivity contribution in [3.05, 3.63) is 69.8 Å². The second-order valence-corrected chi connectivity index (χ2v) is 5.63. The van der Waals surface area contributed by atoms with Gasteiger partial charge < -0.3 is 4.74 Å². The first-order valence-corrected chi connectivity index (χ1v) is 7.00.